The van der Waals surface area contributed by atoms with Gasteiger partial charge < -0.3 is 9.80 Å². The summed E-state index contributed by atoms with van der Waals surface area (Å²) >= 11 is 1.73. The maximum atomic E-state index is 14.2. The van der Waals surface area contributed by atoms with E-state index in [4.69, 9.17) is 0 Å². The zero-order valence-corrected chi connectivity index (χ0v) is 13.9. The lowest BCUT2D eigenvalue weighted by molar-refractivity contribution is -0.132. The first-order valence-electron chi connectivity index (χ1n) is 7.71. The van der Waals surface area contributed by atoms with Crippen molar-refractivity contribution in [2.24, 2.45) is 0 Å². The highest BCUT2D eigenvalue weighted by molar-refractivity contribution is 7.99. The van der Waals surface area contributed by atoms with Crippen molar-refractivity contribution >= 4 is 29.1 Å². The average Bonchev–Trinajstić information content (AvgIpc) is 3.08. The van der Waals surface area contributed by atoms with Gasteiger partial charge in [0.15, 0.2) is 5.78 Å². The molecule has 2 aliphatic heterocycles. The molecular formula is C16H20FN3O2S. The normalized spacial score (nSPS) is 21.6. The van der Waals surface area contributed by atoms with Gasteiger partial charge in [-0.05, 0) is 25.1 Å². The maximum absolute atomic E-state index is 14.2. The minimum Gasteiger partial charge on any atom is -0.366 e. The lowest BCUT2D eigenvalue weighted by Crippen LogP contribution is -2.53. The van der Waals surface area contributed by atoms with Crippen molar-refractivity contribution in [1.82, 2.24) is 10.2 Å². The molecule has 0 bridgehead atoms. The van der Waals surface area contributed by atoms with Crippen molar-refractivity contribution in [1.29, 1.82) is 0 Å². The van der Waals surface area contributed by atoms with Crippen LogP contribution in [0.5, 0.6) is 0 Å². The molecular weight excluding hydrogens is 317 g/mol. The lowest BCUT2D eigenvalue weighted by atomic mass is 10.1. The molecule has 5 nitrogen and oxygen atoms in total. The number of ketones is 1. The highest BCUT2D eigenvalue weighted by Gasteiger charge is 2.30. The highest BCUT2D eigenvalue weighted by atomic mass is 32.2. The Bertz CT molecular complexity index is 611. The number of Topliss-reactive ketones (excluding diaryl/α,β-unsaturated/α-hetero) is 1. The second-order valence-corrected chi connectivity index (χ2v) is 6.84. The number of benzene rings is 1. The summed E-state index contributed by atoms with van der Waals surface area (Å²) in [6.45, 7) is 3.81. The van der Waals surface area contributed by atoms with Crippen molar-refractivity contribution in [3.05, 3.63) is 29.6 Å². The van der Waals surface area contributed by atoms with E-state index in [0.29, 0.717) is 37.4 Å². The van der Waals surface area contributed by atoms with Crippen LogP contribution < -0.4 is 10.2 Å². The van der Waals surface area contributed by atoms with Gasteiger partial charge >= 0.3 is 0 Å². The smallest absolute Gasteiger partial charge is 0.240 e. The average molecular weight is 337 g/mol. The molecule has 0 spiro atoms. The minimum absolute atomic E-state index is 0.0851. The summed E-state index contributed by atoms with van der Waals surface area (Å²) in [4.78, 5) is 27.4. The van der Waals surface area contributed by atoms with E-state index >= 15 is 0 Å². The third-order valence-corrected chi connectivity index (χ3v) is 5.24. The molecule has 124 valence electrons. The third-order valence-electron chi connectivity index (χ3n) is 4.30. The molecule has 2 aliphatic rings. The van der Waals surface area contributed by atoms with Gasteiger partial charge in [-0.2, -0.15) is 0 Å². The first-order valence-corrected chi connectivity index (χ1v) is 8.87. The fourth-order valence-corrected chi connectivity index (χ4v) is 3.86. The number of amides is 1. The van der Waals surface area contributed by atoms with E-state index in [1.54, 1.807) is 23.9 Å². The third kappa shape index (κ3) is 3.50. The van der Waals surface area contributed by atoms with Crippen LogP contribution in [0.25, 0.3) is 0 Å². The second-order valence-electron chi connectivity index (χ2n) is 5.81. The van der Waals surface area contributed by atoms with Crippen molar-refractivity contribution in [2.75, 3.05) is 42.7 Å². The van der Waals surface area contributed by atoms with E-state index in [2.05, 4.69) is 5.32 Å². The number of piperazine rings is 1. The molecule has 1 aromatic carbocycles. The molecule has 0 radical (unpaired) electrons. The number of halogens is 1. The Morgan fingerprint density at radius 3 is 2.57 bits per heavy atom. The molecule has 0 aliphatic carbocycles. The maximum Gasteiger partial charge on any atom is 0.240 e. The number of anilines is 1. The number of hydrogen-bond donors (Lipinski definition) is 1. The van der Waals surface area contributed by atoms with Gasteiger partial charge in [-0.25, -0.2) is 4.39 Å². The summed E-state index contributed by atoms with van der Waals surface area (Å²) in [5.41, 5.74) is 0.876. The van der Waals surface area contributed by atoms with Gasteiger partial charge in [0.1, 0.15) is 5.82 Å². The van der Waals surface area contributed by atoms with Gasteiger partial charge in [0.05, 0.1) is 11.7 Å². The topological polar surface area (TPSA) is 52.7 Å². The molecule has 1 unspecified atom stereocenters. The molecule has 2 saturated heterocycles. The highest BCUT2D eigenvalue weighted by Crippen LogP contribution is 2.23. The van der Waals surface area contributed by atoms with Gasteiger partial charge in [-0.15, -0.1) is 11.8 Å². The Hall–Kier alpha value is -1.60. The number of thioether (sulfide) groups is 1. The standard InChI is InChI=1S/C16H20FN3O2S/c1-11(21)12-2-3-15(13(17)8-12)19-4-6-20(7-5-19)16(22)14-9-23-10-18-14/h2-3,8,14,18H,4-7,9-10H2,1H3. The van der Waals surface area contributed by atoms with Crippen LogP contribution in [-0.2, 0) is 4.79 Å². The predicted octanol–water partition coefficient (Wildman–Crippen LogP) is 1.34. The van der Waals surface area contributed by atoms with Crippen LogP contribution in [0.4, 0.5) is 10.1 Å². The van der Waals surface area contributed by atoms with Crippen LogP contribution in [-0.4, -0.2) is 60.4 Å². The molecule has 7 heteroatoms. The number of nitrogens with one attached hydrogen (secondary N) is 1. The first-order chi connectivity index (χ1) is 11.1. The molecule has 1 atom stereocenters. The van der Waals surface area contributed by atoms with E-state index in [1.807, 2.05) is 9.80 Å². The predicted molar refractivity (Wildman–Crippen MR) is 89.4 cm³/mol. The first kappa shape index (κ1) is 16.3. The Morgan fingerprint density at radius 2 is 2.00 bits per heavy atom. The Kier molecular flexibility index (Phi) is 4.87. The Morgan fingerprint density at radius 1 is 1.26 bits per heavy atom. The lowest BCUT2D eigenvalue weighted by Gasteiger charge is -2.37. The number of rotatable bonds is 3. The van der Waals surface area contributed by atoms with Crippen molar-refractivity contribution in [3.63, 3.8) is 0 Å². The van der Waals surface area contributed by atoms with Crippen LogP contribution in [0.2, 0.25) is 0 Å². The van der Waals surface area contributed by atoms with E-state index in [1.165, 1.54) is 13.0 Å². The van der Waals surface area contributed by atoms with Gasteiger partial charge in [-0.3, -0.25) is 14.9 Å². The number of carbonyl (C=O) groups is 2. The molecule has 3 rings (SSSR count). The van der Waals surface area contributed by atoms with Gasteiger partial charge in [-0.1, -0.05) is 0 Å². The summed E-state index contributed by atoms with van der Waals surface area (Å²) in [6, 6.07) is 4.50. The van der Waals surface area contributed by atoms with Gasteiger partial charge in [0.25, 0.3) is 0 Å². The second kappa shape index (κ2) is 6.88. The monoisotopic (exact) mass is 337 g/mol. The van der Waals surface area contributed by atoms with Crippen LogP contribution in [0.15, 0.2) is 18.2 Å². The van der Waals surface area contributed by atoms with Crippen LogP contribution in [0.3, 0.4) is 0 Å². The number of hydrogen-bond acceptors (Lipinski definition) is 5. The van der Waals surface area contributed by atoms with Crippen molar-refractivity contribution < 1.29 is 14.0 Å². The molecule has 0 saturated carbocycles. The molecule has 1 N–H and O–H groups in total. The van der Waals surface area contributed by atoms with Gasteiger partial charge in [0.2, 0.25) is 5.91 Å². The minimum atomic E-state index is -0.383. The van der Waals surface area contributed by atoms with Crippen LogP contribution >= 0.6 is 11.8 Å². The zero-order chi connectivity index (χ0) is 16.4. The summed E-state index contributed by atoms with van der Waals surface area (Å²) in [6.07, 6.45) is 0. The van der Waals surface area contributed by atoms with E-state index < -0.39 is 0 Å². The summed E-state index contributed by atoms with van der Waals surface area (Å²) in [7, 11) is 0. The van der Waals surface area contributed by atoms with Crippen LogP contribution in [0.1, 0.15) is 17.3 Å². The largest absolute Gasteiger partial charge is 0.366 e. The molecule has 0 aromatic heterocycles. The van der Waals surface area contributed by atoms with Crippen molar-refractivity contribution in [3.8, 4) is 0 Å². The zero-order valence-electron chi connectivity index (χ0n) is 13.0. The van der Waals surface area contributed by atoms with Crippen molar-refractivity contribution in [2.45, 2.75) is 13.0 Å². The fraction of sp³-hybridized carbons (Fsp3) is 0.500. The molecule has 23 heavy (non-hydrogen) atoms. The summed E-state index contributed by atoms with van der Waals surface area (Å²) in [5.74, 6) is 1.26. The SMILES string of the molecule is CC(=O)c1ccc(N2CCN(C(=O)C3CSCN3)CC2)c(F)c1. The molecule has 2 fully saturated rings. The summed E-state index contributed by atoms with van der Waals surface area (Å²) in [5, 5.41) is 3.19. The fourth-order valence-electron chi connectivity index (χ4n) is 2.92. The Balaban J connectivity index is 1.62. The number of carbonyl (C=O) groups excluding carboxylic acids is 2. The van der Waals surface area contributed by atoms with E-state index in [-0.39, 0.29) is 23.5 Å². The molecule has 1 aromatic rings. The summed E-state index contributed by atoms with van der Waals surface area (Å²) < 4.78 is 14.2. The molecule has 1 amide bonds. The Labute approximate surface area is 139 Å². The van der Waals surface area contributed by atoms with Crippen LogP contribution in [0, 0.1) is 5.82 Å². The van der Waals surface area contributed by atoms with E-state index in [0.717, 1.165) is 11.6 Å². The quantitative estimate of drug-likeness (QED) is 0.844. The van der Waals surface area contributed by atoms with Gasteiger partial charge in [0, 0.05) is 43.4 Å². The van der Waals surface area contributed by atoms with E-state index in [9.17, 15) is 14.0 Å². The number of nitrogens with zero attached hydrogens (tertiary/aromatic N) is 2. The molecule has 2 heterocycles.